The van der Waals surface area contributed by atoms with Gasteiger partial charge in [0.2, 0.25) is 0 Å². The normalized spacial score (nSPS) is 42.7. The molecule has 2 heterocycles. The fourth-order valence-corrected chi connectivity index (χ4v) is 5.59. The van der Waals surface area contributed by atoms with Crippen LogP contribution >= 0.6 is 0 Å². The predicted octanol–water partition coefficient (Wildman–Crippen LogP) is 1.20. The molecule has 2 unspecified atom stereocenters. The van der Waals surface area contributed by atoms with Gasteiger partial charge in [0.25, 0.3) is 0 Å². The quantitative estimate of drug-likeness (QED) is 0.753. The smallest absolute Gasteiger partial charge is 0.171 e. The van der Waals surface area contributed by atoms with Gasteiger partial charge in [-0.2, -0.15) is 0 Å². The minimum Gasteiger partial charge on any atom is -0.296 e. The molecule has 0 aromatic carbocycles. The Labute approximate surface area is 85.2 Å². The van der Waals surface area contributed by atoms with Crippen molar-refractivity contribution in [1.82, 2.24) is 5.32 Å². The number of rotatable bonds is 2. The van der Waals surface area contributed by atoms with Crippen molar-refractivity contribution in [3.8, 4) is 0 Å². The molecule has 14 heavy (non-hydrogen) atoms. The van der Waals surface area contributed by atoms with Crippen LogP contribution in [0, 0.1) is 0 Å². The summed E-state index contributed by atoms with van der Waals surface area (Å²) in [5.74, 6) is 0. The molecule has 4 heteroatoms. The van der Waals surface area contributed by atoms with E-state index in [1.54, 1.807) is 0 Å². The highest BCUT2D eigenvalue weighted by Gasteiger charge is 2.55. The third-order valence-corrected chi connectivity index (χ3v) is 6.97. The molecule has 2 aliphatic heterocycles. The van der Waals surface area contributed by atoms with E-state index in [-0.39, 0.29) is 5.25 Å². The molecule has 1 N–H and O–H groups in total. The van der Waals surface area contributed by atoms with E-state index < -0.39 is 14.7 Å². The van der Waals surface area contributed by atoms with E-state index in [1.807, 2.05) is 0 Å². The summed E-state index contributed by atoms with van der Waals surface area (Å²) >= 11 is 0. The van der Waals surface area contributed by atoms with Crippen LogP contribution in [0.1, 0.15) is 44.9 Å². The highest BCUT2D eigenvalue weighted by Crippen LogP contribution is 2.45. The molecule has 1 saturated carbocycles. The van der Waals surface area contributed by atoms with Gasteiger partial charge < -0.3 is 0 Å². The Kier molecular flexibility index (Phi) is 1.78. The van der Waals surface area contributed by atoms with Crippen LogP contribution in [0.15, 0.2) is 0 Å². The summed E-state index contributed by atoms with van der Waals surface area (Å²) in [5, 5.41) is 3.37. The Morgan fingerprint density at radius 2 is 1.86 bits per heavy atom. The van der Waals surface area contributed by atoms with Crippen molar-refractivity contribution in [3.63, 3.8) is 0 Å². The summed E-state index contributed by atoms with van der Waals surface area (Å²) in [4.78, 5) is -0.503. The van der Waals surface area contributed by atoms with Gasteiger partial charge in [0.15, 0.2) is 9.84 Å². The summed E-state index contributed by atoms with van der Waals surface area (Å²) in [6.45, 7) is 0. The van der Waals surface area contributed by atoms with E-state index in [9.17, 15) is 8.42 Å². The van der Waals surface area contributed by atoms with Crippen LogP contribution in [0.25, 0.3) is 0 Å². The number of sulfone groups is 1. The Balaban J connectivity index is 1.95. The van der Waals surface area contributed by atoms with Gasteiger partial charge >= 0.3 is 0 Å². The van der Waals surface area contributed by atoms with Crippen LogP contribution in [0.4, 0.5) is 0 Å². The van der Waals surface area contributed by atoms with E-state index in [4.69, 9.17) is 0 Å². The van der Waals surface area contributed by atoms with Crippen LogP contribution in [0.3, 0.4) is 0 Å². The van der Waals surface area contributed by atoms with Gasteiger partial charge in [-0.1, -0.05) is 0 Å². The van der Waals surface area contributed by atoms with Crippen LogP contribution < -0.4 is 5.32 Å². The predicted molar refractivity (Wildman–Crippen MR) is 54.7 cm³/mol. The lowest BCUT2D eigenvalue weighted by Crippen LogP contribution is -2.53. The molecule has 3 fully saturated rings. The minimum absolute atomic E-state index is 0.00755. The minimum atomic E-state index is -2.87. The van der Waals surface area contributed by atoms with Gasteiger partial charge in [-0.15, -0.1) is 0 Å². The van der Waals surface area contributed by atoms with Crippen LogP contribution in [-0.4, -0.2) is 24.6 Å². The largest absolute Gasteiger partial charge is 0.296 e. The molecular weight excluding hydrogens is 198 g/mol. The van der Waals surface area contributed by atoms with E-state index >= 15 is 0 Å². The second kappa shape index (κ2) is 2.73. The molecule has 3 aliphatic rings. The number of hydrogen-bond acceptors (Lipinski definition) is 3. The topological polar surface area (TPSA) is 46.2 Å². The van der Waals surface area contributed by atoms with Gasteiger partial charge in [0.05, 0.1) is 5.25 Å². The molecule has 1 aliphatic carbocycles. The van der Waals surface area contributed by atoms with Crippen molar-refractivity contribution in [2.45, 2.75) is 61.1 Å². The molecule has 0 aromatic heterocycles. The lowest BCUT2D eigenvalue weighted by atomic mass is 10.1. The van der Waals surface area contributed by atoms with E-state index in [2.05, 4.69) is 5.32 Å². The summed E-state index contributed by atoms with van der Waals surface area (Å²) in [5.41, 5.74) is 0. The molecular formula is C10H17NO2S. The monoisotopic (exact) mass is 215 g/mol. The maximum absolute atomic E-state index is 12.3. The summed E-state index contributed by atoms with van der Waals surface area (Å²) < 4.78 is 24.5. The van der Waals surface area contributed by atoms with Crippen molar-refractivity contribution in [2.24, 2.45) is 0 Å². The van der Waals surface area contributed by atoms with Crippen LogP contribution in [0.5, 0.6) is 0 Å². The average Bonchev–Trinajstić information content (AvgIpc) is 2.95. The molecule has 0 amide bonds. The van der Waals surface area contributed by atoms with E-state index in [0.717, 1.165) is 38.5 Å². The summed E-state index contributed by atoms with van der Waals surface area (Å²) in [6, 6.07) is 0.484. The van der Waals surface area contributed by atoms with Crippen LogP contribution in [-0.2, 0) is 9.84 Å². The molecule has 0 radical (unpaired) electrons. The zero-order valence-corrected chi connectivity index (χ0v) is 9.15. The standard InChI is InChI=1S/C10H17NO2S/c12-14(13,9-3-4-9)10-6-1-2-8(11-10)5-7-10/h8-9,11H,1-7H2. The third kappa shape index (κ3) is 1.10. The first-order valence-corrected chi connectivity index (χ1v) is 7.20. The molecule has 0 aromatic rings. The highest BCUT2D eigenvalue weighted by atomic mass is 32.2. The van der Waals surface area contributed by atoms with Gasteiger partial charge in [-0.05, 0) is 44.9 Å². The van der Waals surface area contributed by atoms with Crippen molar-refractivity contribution in [1.29, 1.82) is 0 Å². The van der Waals surface area contributed by atoms with E-state index in [0.29, 0.717) is 6.04 Å². The molecule has 2 atom stereocenters. The number of hydrogen-bond donors (Lipinski definition) is 1. The maximum Gasteiger partial charge on any atom is 0.171 e. The van der Waals surface area contributed by atoms with Crippen LogP contribution in [0.2, 0.25) is 0 Å². The van der Waals surface area contributed by atoms with Crippen molar-refractivity contribution in [3.05, 3.63) is 0 Å². The van der Waals surface area contributed by atoms with Gasteiger partial charge in [0, 0.05) is 6.04 Å². The molecule has 2 bridgehead atoms. The first-order chi connectivity index (χ1) is 6.64. The number of nitrogens with one attached hydrogen (secondary N) is 1. The molecule has 0 spiro atoms. The summed E-state index contributed by atoms with van der Waals surface area (Å²) in [7, 11) is -2.87. The lowest BCUT2D eigenvalue weighted by Gasteiger charge is -2.34. The highest BCUT2D eigenvalue weighted by molar-refractivity contribution is 7.93. The van der Waals surface area contributed by atoms with Gasteiger partial charge in [0.1, 0.15) is 4.87 Å². The third-order valence-electron chi connectivity index (χ3n) is 4.00. The maximum atomic E-state index is 12.3. The van der Waals surface area contributed by atoms with Crippen molar-refractivity contribution < 1.29 is 8.42 Å². The zero-order chi connectivity index (χ0) is 9.81. The van der Waals surface area contributed by atoms with Gasteiger partial charge in [-0.3, -0.25) is 5.32 Å². The van der Waals surface area contributed by atoms with Gasteiger partial charge in [-0.25, -0.2) is 8.42 Å². The fourth-order valence-electron chi connectivity index (χ4n) is 3.04. The molecule has 80 valence electrons. The van der Waals surface area contributed by atoms with Crippen molar-refractivity contribution >= 4 is 9.84 Å². The average molecular weight is 215 g/mol. The first kappa shape index (κ1) is 9.16. The van der Waals surface area contributed by atoms with E-state index in [1.165, 1.54) is 6.42 Å². The summed E-state index contributed by atoms with van der Waals surface area (Å²) in [6.07, 6.45) is 6.82. The Morgan fingerprint density at radius 1 is 1.07 bits per heavy atom. The molecule has 3 rings (SSSR count). The Morgan fingerprint density at radius 3 is 2.57 bits per heavy atom. The SMILES string of the molecule is O=S(=O)(C1CC1)C12CCCC(CC1)N2. The Hall–Kier alpha value is -0.0900. The zero-order valence-electron chi connectivity index (χ0n) is 8.33. The van der Waals surface area contributed by atoms with Crippen molar-refractivity contribution in [2.75, 3.05) is 0 Å². The fraction of sp³-hybridized carbons (Fsp3) is 1.00. The number of piperidine rings is 1. The molecule has 2 saturated heterocycles. The molecule has 3 nitrogen and oxygen atoms in total. The first-order valence-electron chi connectivity index (χ1n) is 5.65. The second-order valence-corrected chi connectivity index (χ2v) is 7.55. The number of fused-ring (bicyclic) bond motifs is 2. The second-order valence-electron chi connectivity index (χ2n) is 5.01. The lowest BCUT2D eigenvalue weighted by molar-refractivity contribution is 0.355. The Bertz CT molecular complexity index is 343.